The lowest BCUT2D eigenvalue weighted by atomic mass is 10.1. The summed E-state index contributed by atoms with van der Waals surface area (Å²) in [6.45, 7) is 3.93. The lowest BCUT2D eigenvalue weighted by Crippen LogP contribution is -2.03. The van der Waals surface area contributed by atoms with Crippen molar-refractivity contribution in [3.05, 3.63) is 46.6 Å². The fourth-order valence-electron chi connectivity index (χ4n) is 2.37. The van der Waals surface area contributed by atoms with Gasteiger partial charge in [-0.15, -0.1) is 11.3 Å². The number of para-hydroxylation sites is 1. The van der Waals surface area contributed by atoms with E-state index in [0.717, 1.165) is 10.9 Å². The molecule has 2 heterocycles. The number of hydrogen-bond acceptors (Lipinski definition) is 7. The van der Waals surface area contributed by atoms with Gasteiger partial charge in [-0.05, 0) is 31.5 Å². The summed E-state index contributed by atoms with van der Waals surface area (Å²) < 4.78 is 5.09. The first kappa shape index (κ1) is 15.9. The van der Waals surface area contributed by atoms with Crippen molar-refractivity contribution in [1.29, 1.82) is 5.26 Å². The van der Waals surface area contributed by atoms with Gasteiger partial charge in [0.2, 0.25) is 0 Å². The second-order valence-corrected chi connectivity index (χ2v) is 5.96. The number of ether oxygens (including phenoxy) is 1. The number of nitrogens with zero attached hydrogens (tertiary/aromatic N) is 3. The number of anilines is 2. The molecule has 0 aliphatic heterocycles. The number of hydrogen-bond donors (Lipinski definition) is 1. The Hall–Kier alpha value is -2.98. The van der Waals surface area contributed by atoms with E-state index in [0.29, 0.717) is 33.4 Å². The summed E-state index contributed by atoms with van der Waals surface area (Å²) in [7, 11) is 0. The fourth-order valence-corrected chi connectivity index (χ4v) is 3.42. The SMILES string of the molecule is CCOC(=O)c1sc2ncnc(Nc3ccccc3C#N)c2c1C. The van der Waals surface area contributed by atoms with Gasteiger partial charge in [-0.3, -0.25) is 0 Å². The van der Waals surface area contributed by atoms with Crippen LogP contribution in [-0.4, -0.2) is 22.5 Å². The second-order valence-electron chi connectivity index (χ2n) is 4.96. The van der Waals surface area contributed by atoms with Crippen LogP contribution in [0.4, 0.5) is 11.5 Å². The molecule has 7 heteroatoms. The van der Waals surface area contributed by atoms with E-state index in [-0.39, 0.29) is 5.97 Å². The van der Waals surface area contributed by atoms with Gasteiger partial charge in [-0.1, -0.05) is 12.1 Å². The zero-order valence-corrected chi connectivity index (χ0v) is 14.0. The topological polar surface area (TPSA) is 87.9 Å². The van der Waals surface area contributed by atoms with E-state index in [1.54, 1.807) is 25.1 Å². The second kappa shape index (κ2) is 6.64. The third-order valence-electron chi connectivity index (χ3n) is 3.49. The van der Waals surface area contributed by atoms with Gasteiger partial charge in [0.05, 0.1) is 23.2 Å². The molecule has 0 aliphatic carbocycles. The van der Waals surface area contributed by atoms with E-state index in [9.17, 15) is 10.1 Å². The number of nitrogens with one attached hydrogen (secondary N) is 1. The number of carbonyl (C=O) groups excluding carboxylic acids is 1. The number of aryl methyl sites for hydroxylation is 1. The van der Waals surface area contributed by atoms with Crippen molar-refractivity contribution in [2.75, 3.05) is 11.9 Å². The van der Waals surface area contributed by atoms with Crippen LogP contribution >= 0.6 is 11.3 Å². The van der Waals surface area contributed by atoms with Gasteiger partial charge in [0.1, 0.15) is 27.9 Å². The lowest BCUT2D eigenvalue weighted by molar-refractivity contribution is 0.0531. The van der Waals surface area contributed by atoms with Crippen molar-refractivity contribution >= 4 is 39.0 Å². The highest BCUT2D eigenvalue weighted by atomic mass is 32.1. The molecule has 1 aromatic carbocycles. The number of fused-ring (bicyclic) bond motifs is 1. The maximum absolute atomic E-state index is 12.1. The van der Waals surface area contributed by atoms with Crippen LogP contribution in [0.3, 0.4) is 0 Å². The Morgan fingerprint density at radius 3 is 2.92 bits per heavy atom. The van der Waals surface area contributed by atoms with E-state index < -0.39 is 0 Å². The molecule has 3 aromatic rings. The van der Waals surface area contributed by atoms with Gasteiger partial charge in [-0.2, -0.15) is 5.26 Å². The Balaban J connectivity index is 2.09. The molecular formula is C17H14N4O2S. The number of thiophene rings is 1. The fraction of sp³-hybridized carbons (Fsp3) is 0.176. The molecule has 120 valence electrons. The molecule has 0 saturated heterocycles. The van der Waals surface area contributed by atoms with E-state index in [1.165, 1.54) is 17.7 Å². The maximum Gasteiger partial charge on any atom is 0.348 e. The highest BCUT2D eigenvalue weighted by Gasteiger charge is 2.20. The normalized spacial score (nSPS) is 10.4. The molecule has 0 bridgehead atoms. The molecule has 0 spiro atoms. The van der Waals surface area contributed by atoms with Crippen LogP contribution in [0.25, 0.3) is 10.2 Å². The average Bonchev–Trinajstić information content (AvgIpc) is 2.94. The summed E-state index contributed by atoms with van der Waals surface area (Å²) in [6, 6.07) is 9.31. The minimum absolute atomic E-state index is 0.318. The third kappa shape index (κ3) is 2.79. The van der Waals surface area contributed by atoms with Crippen LogP contribution in [0.15, 0.2) is 30.6 Å². The highest BCUT2D eigenvalue weighted by molar-refractivity contribution is 7.20. The Kier molecular flexibility index (Phi) is 4.40. The summed E-state index contributed by atoms with van der Waals surface area (Å²) >= 11 is 1.28. The Labute approximate surface area is 142 Å². The average molecular weight is 338 g/mol. The monoisotopic (exact) mass is 338 g/mol. The molecule has 1 N–H and O–H groups in total. The minimum atomic E-state index is -0.360. The van der Waals surface area contributed by atoms with Gasteiger partial charge in [0, 0.05) is 0 Å². The molecule has 6 nitrogen and oxygen atoms in total. The zero-order chi connectivity index (χ0) is 17.1. The molecule has 24 heavy (non-hydrogen) atoms. The van der Waals surface area contributed by atoms with Crippen molar-refractivity contribution < 1.29 is 9.53 Å². The van der Waals surface area contributed by atoms with E-state index in [4.69, 9.17) is 4.74 Å². The molecule has 3 rings (SSSR count). The molecule has 0 amide bonds. The molecule has 0 aliphatic rings. The van der Waals surface area contributed by atoms with E-state index in [1.807, 2.05) is 13.0 Å². The molecule has 0 saturated carbocycles. The smallest absolute Gasteiger partial charge is 0.348 e. The molecule has 0 unspecified atom stereocenters. The first-order valence-electron chi connectivity index (χ1n) is 7.33. The molecule has 0 atom stereocenters. The lowest BCUT2D eigenvalue weighted by Gasteiger charge is -2.08. The Morgan fingerprint density at radius 2 is 2.17 bits per heavy atom. The quantitative estimate of drug-likeness (QED) is 0.728. The largest absolute Gasteiger partial charge is 0.462 e. The predicted octanol–water partition coefficient (Wildman–Crippen LogP) is 3.79. The Bertz CT molecular complexity index is 959. The molecule has 2 aromatic heterocycles. The van der Waals surface area contributed by atoms with Crippen LogP contribution in [0.5, 0.6) is 0 Å². The number of benzene rings is 1. The molecule has 0 radical (unpaired) electrons. The summed E-state index contributed by atoms with van der Waals surface area (Å²) in [5, 5.41) is 13.2. The van der Waals surface area contributed by atoms with Crippen molar-refractivity contribution in [3.8, 4) is 6.07 Å². The standard InChI is InChI=1S/C17H14N4O2S/c1-3-23-17(22)14-10(2)13-15(19-9-20-16(13)24-14)21-12-7-5-4-6-11(12)8-18/h4-7,9H,3H2,1-2H3,(H,19,20,21). The highest BCUT2D eigenvalue weighted by Crippen LogP contribution is 2.35. The maximum atomic E-state index is 12.1. The van der Waals surface area contributed by atoms with E-state index >= 15 is 0 Å². The van der Waals surface area contributed by atoms with Crippen molar-refractivity contribution in [2.24, 2.45) is 0 Å². The minimum Gasteiger partial charge on any atom is -0.462 e. The van der Waals surface area contributed by atoms with Crippen LogP contribution < -0.4 is 5.32 Å². The number of esters is 1. The van der Waals surface area contributed by atoms with Gasteiger partial charge in [-0.25, -0.2) is 14.8 Å². The number of aromatic nitrogens is 2. The third-order valence-corrected chi connectivity index (χ3v) is 4.67. The van der Waals surface area contributed by atoms with Crippen molar-refractivity contribution in [1.82, 2.24) is 9.97 Å². The van der Waals surface area contributed by atoms with Gasteiger partial charge in [0.25, 0.3) is 0 Å². The van der Waals surface area contributed by atoms with E-state index in [2.05, 4.69) is 21.4 Å². The summed E-state index contributed by atoms with van der Waals surface area (Å²) in [6.07, 6.45) is 1.44. The van der Waals surface area contributed by atoms with Gasteiger partial charge >= 0.3 is 5.97 Å². The molecular weight excluding hydrogens is 324 g/mol. The van der Waals surface area contributed by atoms with Crippen molar-refractivity contribution in [3.63, 3.8) is 0 Å². The first-order valence-corrected chi connectivity index (χ1v) is 8.14. The summed E-state index contributed by atoms with van der Waals surface area (Å²) in [4.78, 5) is 21.8. The Morgan fingerprint density at radius 1 is 1.38 bits per heavy atom. The zero-order valence-electron chi connectivity index (χ0n) is 13.2. The van der Waals surface area contributed by atoms with Crippen LogP contribution in [0, 0.1) is 18.3 Å². The predicted molar refractivity (Wildman–Crippen MR) is 92.5 cm³/mol. The number of nitriles is 1. The van der Waals surface area contributed by atoms with Gasteiger partial charge < -0.3 is 10.1 Å². The molecule has 0 fully saturated rings. The van der Waals surface area contributed by atoms with Crippen molar-refractivity contribution in [2.45, 2.75) is 13.8 Å². The van der Waals surface area contributed by atoms with Crippen LogP contribution in [0.2, 0.25) is 0 Å². The summed E-state index contributed by atoms with van der Waals surface area (Å²) in [5.74, 6) is 0.202. The van der Waals surface area contributed by atoms with Gasteiger partial charge in [0.15, 0.2) is 0 Å². The number of rotatable bonds is 4. The van der Waals surface area contributed by atoms with Crippen LogP contribution in [0.1, 0.15) is 27.7 Å². The first-order chi connectivity index (χ1) is 11.7. The summed E-state index contributed by atoms with van der Waals surface area (Å²) in [5.41, 5.74) is 1.94. The number of carbonyl (C=O) groups is 1. The van der Waals surface area contributed by atoms with Crippen LogP contribution in [-0.2, 0) is 4.74 Å².